The summed E-state index contributed by atoms with van der Waals surface area (Å²) in [5.41, 5.74) is 2.60. The number of carbonyl (C=O) groups is 3. The number of allylic oxidation sites excluding steroid dienone is 1. The summed E-state index contributed by atoms with van der Waals surface area (Å²) in [6.45, 7) is 3.05. The third kappa shape index (κ3) is 14.2. The number of carboxylic acids is 2. The minimum absolute atomic E-state index is 0.212. The van der Waals surface area contributed by atoms with E-state index in [0.29, 0.717) is 12.5 Å². The van der Waals surface area contributed by atoms with Gasteiger partial charge in [0, 0.05) is 44.5 Å². The zero-order chi connectivity index (χ0) is 28.1. The van der Waals surface area contributed by atoms with Gasteiger partial charge in [-0.3, -0.25) is 14.7 Å². The zero-order valence-electron chi connectivity index (χ0n) is 19.8. The highest BCUT2D eigenvalue weighted by Crippen LogP contribution is 2.20. The summed E-state index contributed by atoms with van der Waals surface area (Å²) in [5.74, 6) is -5.30. The number of rotatable bonds is 5. The first-order valence-corrected chi connectivity index (χ1v) is 11.4. The van der Waals surface area contributed by atoms with Crippen molar-refractivity contribution in [2.75, 3.05) is 13.1 Å². The summed E-state index contributed by atoms with van der Waals surface area (Å²) in [5, 5.41) is 17.5. The summed E-state index contributed by atoms with van der Waals surface area (Å²) in [4.78, 5) is 36.6. The Labute approximate surface area is 209 Å². The first-order valence-electron chi connectivity index (χ1n) is 11.4. The van der Waals surface area contributed by atoms with Crippen LogP contribution in [0.4, 0.5) is 26.3 Å². The van der Waals surface area contributed by atoms with E-state index < -0.39 is 24.3 Å². The van der Waals surface area contributed by atoms with E-state index in [1.807, 2.05) is 18.5 Å². The molecule has 1 fully saturated rings. The van der Waals surface area contributed by atoms with E-state index in [0.717, 1.165) is 45.3 Å². The molecule has 1 aromatic heterocycles. The van der Waals surface area contributed by atoms with E-state index in [4.69, 9.17) is 19.8 Å². The number of nitrogens with one attached hydrogen (secondary N) is 1. The van der Waals surface area contributed by atoms with Crippen LogP contribution < -0.4 is 5.32 Å². The number of aromatic nitrogens is 1. The number of hydrogen-bond acceptors (Lipinski definition) is 5. The van der Waals surface area contributed by atoms with Gasteiger partial charge in [-0.1, -0.05) is 17.7 Å². The minimum Gasteiger partial charge on any atom is -0.475 e. The van der Waals surface area contributed by atoms with Crippen LogP contribution in [0.25, 0.3) is 0 Å². The van der Waals surface area contributed by atoms with Gasteiger partial charge in [0.1, 0.15) is 0 Å². The molecular formula is C23H29F6N3O5. The molecule has 0 atom stereocenters. The van der Waals surface area contributed by atoms with E-state index in [1.54, 1.807) is 0 Å². The molecule has 37 heavy (non-hydrogen) atoms. The summed E-state index contributed by atoms with van der Waals surface area (Å²) < 4.78 is 63.5. The molecule has 1 aromatic rings. The Morgan fingerprint density at radius 2 is 1.57 bits per heavy atom. The van der Waals surface area contributed by atoms with Crippen LogP contribution in [-0.4, -0.2) is 69.4 Å². The molecule has 3 rings (SSSR count). The maximum atomic E-state index is 12.2. The van der Waals surface area contributed by atoms with Gasteiger partial charge < -0.3 is 15.5 Å². The molecule has 3 N–H and O–H groups in total. The fraction of sp³-hybridized carbons (Fsp3) is 0.565. The lowest BCUT2D eigenvalue weighted by Gasteiger charge is -2.32. The molecule has 0 spiro atoms. The lowest BCUT2D eigenvalue weighted by atomic mass is 9.96. The van der Waals surface area contributed by atoms with Crippen molar-refractivity contribution in [3.8, 4) is 0 Å². The summed E-state index contributed by atoms with van der Waals surface area (Å²) in [6, 6.07) is 4.46. The third-order valence-electron chi connectivity index (χ3n) is 5.34. The van der Waals surface area contributed by atoms with Crippen molar-refractivity contribution in [1.29, 1.82) is 0 Å². The molecule has 1 aliphatic carbocycles. The average Bonchev–Trinajstić information content (AvgIpc) is 2.81. The summed E-state index contributed by atoms with van der Waals surface area (Å²) >= 11 is 0. The number of likely N-dealkylation sites (tertiary alicyclic amines) is 1. The number of carboxylic acid groups (broad SMARTS) is 2. The van der Waals surface area contributed by atoms with Crippen molar-refractivity contribution < 1.29 is 50.9 Å². The second-order valence-electron chi connectivity index (χ2n) is 8.37. The van der Waals surface area contributed by atoms with E-state index in [9.17, 15) is 31.1 Å². The number of amides is 1. The highest BCUT2D eigenvalue weighted by Gasteiger charge is 2.38. The minimum atomic E-state index is -5.08. The fourth-order valence-electron chi connectivity index (χ4n) is 3.54. The zero-order valence-corrected chi connectivity index (χ0v) is 19.8. The van der Waals surface area contributed by atoms with E-state index in [2.05, 4.69) is 27.3 Å². The molecule has 14 heteroatoms. The van der Waals surface area contributed by atoms with Gasteiger partial charge in [0.25, 0.3) is 0 Å². The van der Waals surface area contributed by atoms with E-state index in [-0.39, 0.29) is 5.91 Å². The van der Waals surface area contributed by atoms with Crippen LogP contribution in [-0.2, 0) is 20.9 Å². The quantitative estimate of drug-likeness (QED) is 0.375. The molecule has 2 aliphatic rings. The Morgan fingerprint density at radius 3 is 2.00 bits per heavy atom. The first kappa shape index (κ1) is 31.9. The summed E-state index contributed by atoms with van der Waals surface area (Å²) in [7, 11) is 0. The molecule has 1 saturated heterocycles. The monoisotopic (exact) mass is 541 g/mol. The predicted molar refractivity (Wildman–Crippen MR) is 119 cm³/mol. The maximum absolute atomic E-state index is 12.2. The van der Waals surface area contributed by atoms with E-state index in [1.165, 1.54) is 24.0 Å². The smallest absolute Gasteiger partial charge is 0.475 e. The van der Waals surface area contributed by atoms with Crippen LogP contribution in [0.2, 0.25) is 0 Å². The van der Waals surface area contributed by atoms with E-state index >= 15 is 0 Å². The SMILES string of the molecule is O=C(CC1=CCCCC1)NC1CCN(Cc2cccnc2)CC1.O=C(O)C(F)(F)F.O=C(O)C(F)(F)F. The maximum Gasteiger partial charge on any atom is 0.490 e. The van der Waals surface area contributed by atoms with Gasteiger partial charge >= 0.3 is 24.3 Å². The molecule has 0 saturated carbocycles. The van der Waals surface area contributed by atoms with Crippen LogP contribution in [0.3, 0.4) is 0 Å². The molecule has 0 radical (unpaired) electrons. The average molecular weight is 541 g/mol. The molecule has 0 aromatic carbocycles. The van der Waals surface area contributed by atoms with Gasteiger partial charge in [-0.15, -0.1) is 0 Å². The highest BCUT2D eigenvalue weighted by atomic mass is 19.4. The standard InChI is InChI=1S/C19H27N3O.2C2HF3O2/c23-19(13-16-5-2-1-3-6-16)21-18-8-11-22(12-9-18)15-17-7-4-10-20-14-17;2*3-2(4,5)1(6)7/h4-5,7,10,14,18H,1-3,6,8-9,11-13,15H2,(H,21,23);2*(H,6,7). The molecular weight excluding hydrogens is 512 g/mol. The Bertz CT molecular complexity index is 874. The Balaban J connectivity index is 0.000000404. The Kier molecular flexibility index (Phi) is 13.1. The number of carbonyl (C=O) groups excluding carboxylic acids is 1. The lowest BCUT2D eigenvalue weighted by molar-refractivity contribution is -0.193. The number of aliphatic carboxylic acids is 2. The number of alkyl halides is 6. The number of piperidine rings is 1. The number of halogens is 6. The van der Waals surface area contributed by atoms with Crippen LogP contribution in [0.5, 0.6) is 0 Å². The van der Waals surface area contributed by atoms with Crippen molar-refractivity contribution in [1.82, 2.24) is 15.2 Å². The van der Waals surface area contributed by atoms with Crippen molar-refractivity contribution in [2.24, 2.45) is 0 Å². The molecule has 1 aliphatic heterocycles. The van der Waals surface area contributed by atoms with Gasteiger partial charge in [-0.2, -0.15) is 26.3 Å². The molecule has 208 valence electrons. The van der Waals surface area contributed by atoms with Crippen molar-refractivity contribution >= 4 is 17.8 Å². The number of hydrogen-bond donors (Lipinski definition) is 3. The molecule has 0 bridgehead atoms. The number of nitrogens with zero attached hydrogens (tertiary/aromatic N) is 2. The topological polar surface area (TPSA) is 120 Å². The van der Waals surface area contributed by atoms with Gasteiger partial charge in [0.05, 0.1) is 0 Å². The highest BCUT2D eigenvalue weighted by molar-refractivity contribution is 5.78. The number of pyridine rings is 1. The van der Waals surface area contributed by atoms with Gasteiger partial charge in [-0.25, -0.2) is 9.59 Å². The molecule has 1 amide bonds. The largest absolute Gasteiger partial charge is 0.490 e. The molecule has 2 heterocycles. The Morgan fingerprint density at radius 1 is 1.00 bits per heavy atom. The Hall–Kier alpha value is -3.16. The van der Waals surface area contributed by atoms with Gasteiger partial charge in [-0.05, 0) is 50.2 Å². The van der Waals surface area contributed by atoms with Gasteiger partial charge in [0.15, 0.2) is 0 Å². The van der Waals surface area contributed by atoms with Crippen molar-refractivity contribution in [3.05, 3.63) is 41.7 Å². The second-order valence-corrected chi connectivity index (χ2v) is 8.37. The third-order valence-corrected chi connectivity index (χ3v) is 5.34. The first-order chi connectivity index (χ1) is 17.2. The second kappa shape index (κ2) is 15.2. The van der Waals surface area contributed by atoms with Crippen molar-refractivity contribution in [2.45, 2.75) is 69.9 Å². The molecule has 0 unspecified atom stereocenters. The lowest BCUT2D eigenvalue weighted by Crippen LogP contribution is -2.44. The van der Waals surface area contributed by atoms with Crippen LogP contribution in [0.15, 0.2) is 36.2 Å². The predicted octanol–water partition coefficient (Wildman–Crippen LogP) is 4.32. The van der Waals surface area contributed by atoms with Gasteiger partial charge in [0.2, 0.25) is 5.91 Å². The summed E-state index contributed by atoms with van der Waals surface area (Å²) in [6.07, 6.45) is 3.32. The van der Waals surface area contributed by atoms with Crippen LogP contribution in [0.1, 0.15) is 50.5 Å². The molecule has 8 nitrogen and oxygen atoms in total. The van der Waals surface area contributed by atoms with Crippen LogP contribution >= 0.6 is 0 Å². The van der Waals surface area contributed by atoms with Crippen molar-refractivity contribution in [3.63, 3.8) is 0 Å². The fourth-order valence-corrected chi connectivity index (χ4v) is 3.54. The normalized spacial score (nSPS) is 16.8. The van der Waals surface area contributed by atoms with Crippen LogP contribution in [0, 0.1) is 0 Å².